The predicted molar refractivity (Wildman–Crippen MR) is 164 cm³/mol. The summed E-state index contributed by atoms with van der Waals surface area (Å²) in [7, 11) is 0. The Bertz CT molecular complexity index is 1440. The summed E-state index contributed by atoms with van der Waals surface area (Å²) in [6, 6.07) is 21.8. The third-order valence-corrected chi connectivity index (χ3v) is 10.1. The number of anilines is 1. The third-order valence-electron chi connectivity index (χ3n) is 8.30. The Labute approximate surface area is 246 Å². The topological polar surface area (TPSA) is 55.9 Å². The third kappa shape index (κ3) is 5.68. The average Bonchev–Trinajstić information content (AvgIpc) is 3.26. The summed E-state index contributed by atoms with van der Waals surface area (Å²) in [4.78, 5) is 33.9. The molecule has 2 amide bonds. The molecule has 208 valence electrons. The molecule has 2 atom stereocenters. The van der Waals surface area contributed by atoms with Crippen LogP contribution < -0.4 is 10.2 Å². The lowest BCUT2D eigenvalue weighted by Gasteiger charge is -2.37. The Kier molecular flexibility index (Phi) is 7.95. The van der Waals surface area contributed by atoms with Crippen LogP contribution in [0.2, 0.25) is 0 Å². The van der Waals surface area contributed by atoms with E-state index in [9.17, 15) is 9.59 Å². The van der Waals surface area contributed by atoms with E-state index in [1.807, 2.05) is 11.8 Å². The van der Waals surface area contributed by atoms with Crippen molar-refractivity contribution in [3.05, 3.63) is 88.5 Å². The molecule has 1 N–H and O–H groups in total. The average molecular weight is 573 g/mol. The summed E-state index contributed by atoms with van der Waals surface area (Å²) in [5.41, 5.74) is 7.62. The first kappa shape index (κ1) is 27.4. The molecule has 0 bridgehead atoms. The van der Waals surface area contributed by atoms with Gasteiger partial charge in [0.1, 0.15) is 0 Å². The van der Waals surface area contributed by atoms with E-state index in [1.165, 1.54) is 43.3 Å². The zero-order valence-electron chi connectivity index (χ0n) is 23.1. The van der Waals surface area contributed by atoms with E-state index in [0.717, 1.165) is 32.7 Å². The second-order valence-electron chi connectivity index (χ2n) is 11.1. The summed E-state index contributed by atoms with van der Waals surface area (Å²) in [6.45, 7) is 9.93. The number of carbonyl (C=O) groups excluding carboxylic acids is 2. The second kappa shape index (κ2) is 11.6. The van der Waals surface area contributed by atoms with Gasteiger partial charge in [-0.2, -0.15) is 12.6 Å². The molecule has 3 aromatic rings. The van der Waals surface area contributed by atoms with Gasteiger partial charge < -0.3 is 4.90 Å². The molecule has 8 heteroatoms. The van der Waals surface area contributed by atoms with Crippen LogP contribution in [0, 0.1) is 13.8 Å². The van der Waals surface area contributed by atoms with Crippen molar-refractivity contribution >= 4 is 41.9 Å². The number of nitrogens with one attached hydrogen (secondary N) is 1. The standard InChI is InChI=1S/C32H36N4O2S2/c1-21-7-11-28(22(2)17-21)40-29-6-4-3-5-26(29)35-15-13-34(14-16-35)19-23-8-9-24-20-36(32(39)25(24)18-23)27-10-12-30(37)33-31(27)38/h3-9,11,17-18,27,32,39H,10,12-16,19-20H2,1-2H3,(H,33,37,38). The van der Waals surface area contributed by atoms with Crippen LogP contribution in [0.3, 0.4) is 0 Å². The molecule has 0 saturated carbocycles. The van der Waals surface area contributed by atoms with Gasteiger partial charge >= 0.3 is 0 Å². The van der Waals surface area contributed by atoms with E-state index in [4.69, 9.17) is 12.6 Å². The number of hydrogen-bond donors (Lipinski definition) is 2. The maximum Gasteiger partial charge on any atom is 0.243 e. The number of amides is 2. The fraction of sp³-hybridized carbons (Fsp3) is 0.375. The second-order valence-corrected chi connectivity index (χ2v) is 12.7. The minimum Gasteiger partial charge on any atom is -0.368 e. The quantitative estimate of drug-likeness (QED) is 0.308. The highest BCUT2D eigenvalue weighted by Crippen LogP contribution is 2.40. The van der Waals surface area contributed by atoms with Crippen molar-refractivity contribution in [1.82, 2.24) is 15.1 Å². The number of aryl methyl sites for hydroxylation is 2. The van der Waals surface area contributed by atoms with Gasteiger partial charge in [-0.3, -0.25) is 24.7 Å². The molecule has 3 aliphatic rings. The molecule has 2 unspecified atom stereocenters. The number of carbonyl (C=O) groups is 2. The smallest absolute Gasteiger partial charge is 0.243 e. The number of hydrogen-bond acceptors (Lipinski definition) is 7. The Hall–Kier alpha value is -2.78. The SMILES string of the molecule is Cc1ccc(Sc2ccccc2N2CCN(Cc3ccc4c(c3)C(S)N(C3CCC(=O)NC3=O)C4)CC2)c(C)c1. The first-order valence-corrected chi connectivity index (χ1v) is 15.4. The molecular formula is C32H36N4O2S2. The van der Waals surface area contributed by atoms with Gasteiger partial charge in [0.25, 0.3) is 0 Å². The summed E-state index contributed by atoms with van der Waals surface area (Å²) in [5, 5.41) is 2.35. The maximum absolute atomic E-state index is 12.5. The molecular weight excluding hydrogens is 537 g/mol. The van der Waals surface area contributed by atoms with E-state index in [-0.39, 0.29) is 23.2 Å². The molecule has 40 heavy (non-hydrogen) atoms. The molecule has 3 heterocycles. The number of para-hydroxylation sites is 1. The number of fused-ring (bicyclic) bond motifs is 1. The van der Waals surface area contributed by atoms with Gasteiger partial charge in [0, 0.05) is 55.5 Å². The van der Waals surface area contributed by atoms with Gasteiger partial charge in [-0.25, -0.2) is 0 Å². The number of rotatable bonds is 6. The molecule has 2 saturated heterocycles. The highest BCUT2D eigenvalue weighted by Gasteiger charge is 2.39. The molecule has 2 fully saturated rings. The van der Waals surface area contributed by atoms with Gasteiger partial charge in [0.15, 0.2) is 0 Å². The number of imide groups is 1. The van der Waals surface area contributed by atoms with Crippen molar-refractivity contribution in [3.63, 3.8) is 0 Å². The van der Waals surface area contributed by atoms with Crippen molar-refractivity contribution in [2.45, 2.75) is 61.0 Å². The summed E-state index contributed by atoms with van der Waals surface area (Å²) >= 11 is 6.76. The highest BCUT2D eigenvalue weighted by molar-refractivity contribution is 7.99. The minimum atomic E-state index is -0.305. The number of piperidine rings is 1. The van der Waals surface area contributed by atoms with Crippen LogP contribution in [0.4, 0.5) is 5.69 Å². The number of thiol groups is 1. The molecule has 3 aromatic carbocycles. The van der Waals surface area contributed by atoms with Crippen LogP contribution in [0.1, 0.15) is 46.0 Å². The summed E-state index contributed by atoms with van der Waals surface area (Å²) in [5.74, 6) is -0.380. The Morgan fingerprint density at radius 3 is 2.52 bits per heavy atom. The normalized spacial score (nSPS) is 21.9. The highest BCUT2D eigenvalue weighted by atomic mass is 32.2. The van der Waals surface area contributed by atoms with Gasteiger partial charge in [0.2, 0.25) is 11.8 Å². The van der Waals surface area contributed by atoms with Gasteiger partial charge in [0.05, 0.1) is 17.1 Å². The molecule has 0 radical (unpaired) electrons. The Morgan fingerprint density at radius 1 is 0.950 bits per heavy atom. The molecule has 6 nitrogen and oxygen atoms in total. The van der Waals surface area contributed by atoms with E-state index >= 15 is 0 Å². The van der Waals surface area contributed by atoms with Crippen LogP contribution >= 0.6 is 24.4 Å². The maximum atomic E-state index is 12.5. The van der Waals surface area contributed by atoms with Crippen molar-refractivity contribution in [2.75, 3.05) is 31.1 Å². The lowest BCUT2D eigenvalue weighted by molar-refractivity contribution is -0.137. The summed E-state index contributed by atoms with van der Waals surface area (Å²) in [6.07, 6.45) is 0.939. The molecule has 6 rings (SSSR count). The summed E-state index contributed by atoms with van der Waals surface area (Å²) < 4.78 is 0. The fourth-order valence-corrected chi connectivity index (χ4v) is 7.63. The molecule has 0 spiro atoms. The lowest BCUT2D eigenvalue weighted by Crippen LogP contribution is -2.51. The van der Waals surface area contributed by atoms with E-state index < -0.39 is 0 Å². The number of benzene rings is 3. The van der Waals surface area contributed by atoms with Crippen LogP contribution in [-0.2, 0) is 22.7 Å². The zero-order valence-corrected chi connectivity index (χ0v) is 24.8. The van der Waals surface area contributed by atoms with Crippen molar-refractivity contribution < 1.29 is 9.59 Å². The lowest BCUT2D eigenvalue weighted by atomic mass is 10.0. The van der Waals surface area contributed by atoms with Crippen molar-refractivity contribution in [2.24, 2.45) is 0 Å². The van der Waals surface area contributed by atoms with Crippen molar-refractivity contribution in [1.29, 1.82) is 0 Å². The predicted octanol–water partition coefficient (Wildman–Crippen LogP) is 5.33. The fourth-order valence-electron chi connectivity index (χ4n) is 6.11. The van der Waals surface area contributed by atoms with Crippen LogP contribution in [0.15, 0.2) is 70.5 Å². The van der Waals surface area contributed by atoms with E-state index in [0.29, 0.717) is 19.4 Å². The van der Waals surface area contributed by atoms with Crippen molar-refractivity contribution in [3.8, 4) is 0 Å². The molecule has 0 aliphatic carbocycles. The van der Waals surface area contributed by atoms with E-state index in [2.05, 4.69) is 94.5 Å². The monoisotopic (exact) mass is 572 g/mol. The molecule has 3 aliphatic heterocycles. The van der Waals surface area contributed by atoms with Gasteiger partial charge in [-0.05, 0) is 60.7 Å². The largest absolute Gasteiger partial charge is 0.368 e. The molecule has 0 aromatic heterocycles. The zero-order chi connectivity index (χ0) is 27.8. The Morgan fingerprint density at radius 2 is 1.75 bits per heavy atom. The van der Waals surface area contributed by atoms with E-state index in [1.54, 1.807) is 0 Å². The van der Waals surface area contributed by atoms with Gasteiger partial charge in [-0.1, -0.05) is 59.8 Å². The van der Waals surface area contributed by atoms with Gasteiger partial charge in [-0.15, -0.1) is 0 Å². The first-order valence-electron chi connectivity index (χ1n) is 14.1. The van der Waals surface area contributed by atoms with Crippen LogP contribution in [0.5, 0.6) is 0 Å². The number of piperazine rings is 1. The number of nitrogens with zero attached hydrogens (tertiary/aromatic N) is 3. The minimum absolute atomic E-state index is 0.137. The Balaban J connectivity index is 1.08. The van der Waals surface area contributed by atoms with Crippen LogP contribution in [-0.4, -0.2) is 53.8 Å². The van der Waals surface area contributed by atoms with Crippen LogP contribution in [0.25, 0.3) is 0 Å². The first-order chi connectivity index (χ1) is 19.4.